The number of nitrogens with one attached hydrogen (secondary N) is 1. The number of hydrogen-bond donors (Lipinski definition) is 1. The molecule has 1 rings (SSSR count). The molecular weight excluding hydrogens is 271 g/mol. The van der Waals surface area contributed by atoms with Crippen LogP contribution in [-0.4, -0.2) is 6.54 Å². The summed E-state index contributed by atoms with van der Waals surface area (Å²) in [5.41, 5.74) is -0.709. The average Bonchev–Trinajstić information content (AvgIpc) is 2.26. The van der Waals surface area contributed by atoms with E-state index in [-0.39, 0.29) is 0 Å². The highest BCUT2D eigenvalue weighted by molar-refractivity contribution is 9.10. The van der Waals surface area contributed by atoms with Gasteiger partial charge in [0.2, 0.25) is 0 Å². The van der Waals surface area contributed by atoms with Gasteiger partial charge in [-0.2, -0.15) is 5.26 Å². The molecule has 0 saturated heterocycles. The van der Waals surface area contributed by atoms with Crippen LogP contribution in [0.5, 0.6) is 0 Å². The number of nitriles is 1. The minimum atomic E-state index is -1.04. The van der Waals surface area contributed by atoms with E-state index < -0.39 is 11.4 Å². The van der Waals surface area contributed by atoms with Crippen molar-refractivity contribution in [3.63, 3.8) is 0 Å². The van der Waals surface area contributed by atoms with Crippen molar-refractivity contribution in [2.75, 3.05) is 6.54 Å². The third-order valence-corrected chi connectivity index (χ3v) is 2.79. The van der Waals surface area contributed by atoms with Crippen molar-refractivity contribution in [1.29, 1.82) is 5.26 Å². The van der Waals surface area contributed by atoms with Gasteiger partial charge in [-0.15, -0.1) is 6.58 Å². The van der Waals surface area contributed by atoms with Crippen LogP contribution in [0.3, 0.4) is 0 Å². The van der Waals surface area contributed by atoms with Crippen molar-refractivity contribution < 1.29 is 4.39 Å². The largest absolute Gasteiger partial charge is 0.292 e. The van der Waals surface area contributed by atoms with Crippen molar-refractivity contribution in [2.24, 2.45) is 0 Å². The lowest BCUT2D eigenvalue weighted by molar-refractivity contribution is 0.463. The molecule has 16 heavy (non-hydrogen) atoms. The van der Waals surface area contributed by atoms with Gasteiger partial charge in [-0.3, -0.25) is 5.32 Å². The highest BCUT2D eigenvalue weighted by atomic mass is 79.9. The Labute approximate surface area is 103 Å². The number of hydrogen-bond acceptors (Lipinski definition) is 2. The molecule has 0 fully saturated rings. The molecule has 0 amide bonds. The van der Waals surface area contributed by atoms with Gasteiger partial charge < -0.3 is 0 Å². The first-order valence-electron chi connectivity index (χ1n) is 4.76. The molecule has 0 spiro atoms. The molecule has 1 unspecified atom stereocenters. The quantitative estimate of drug-likeness (QED) is 0.862. The maximum Gasteiger partial charge on any atom is 0.132 e. The van der Waals surface area contributed by atoms with Gasteiger partial charge in [0.25, 0.3) is 0 Å². The summed E-state index contributed by atoms with van der Waals surface area (Å²) in [5.74, 6) is -0.407. The van der Waals surface area contributed by atoms with E-state index >= 15 is 0 Å². The van der Waals surface area contributed by atoms with E-state index in [1.807, 2.05) is 0 Å². The summed E-state index contributed by atoms with van der Waals surface area (Å²) in [4.78, 5) is 0. The van der Waals surface area contributed by atoms with E-state index in [1.54, 1.807) is 25.1 Å². The van der Waals surface area contributed by atoms with Gasteiger partial charge >= 0.3 is 0 Å². The Morgan fingerprint density at radius 3 is 2.88 bits per heavy atom. The van der Waals surface area contributed by atoms with Gasteiger partial charge in [-0.25, -0.2) is 4.39 Å². The van der Waals surface area contributed by atoms with E-state index in [0.717, 1.165) is 0 Å². The zero-order valence-electron chi connectivity index (χ0n) is 8.93. The number of benzene rings is 1. The van der Waals surface area contributed by atoms with E-state index in [4.69, 9.17) is 5.26 Å². The fourth-order valence-corrected chi connectivity index (χ4v) is 1.70. The van der Waals surface area contributed by atoms with E-state index in [1.165, 1.54) is 6.07 Å². The summed E-state index contributed by atoms with van der Waals surface area (Å²) in [5, 5.41) is 12.1. The number of nitrogens with zero attached hydrogens (tertiary/aromatic N) is 1. The summed E-state index contributed by atoms with van der Waals surface area (Å²) < 4.78 is 14.4. The molecule has 0 aromatic heterocycles. The fraction of sp³-hybridized carbons (Fsp3) is 0.250. The number of rotatable bonds is 4. The van der Waals surface area contributed by atoms with Gasteiger partial charge in [0.05, 0.1) is 6.07 Å². The molecule has 0 aliphatic rings. The molecule has 1 aromatic carbocycles. The Kier molecular flexibility index (Phi) is 4.22. The summed E-state index contributed by atoms with van der Waals surface area (Å²) >= 11 is 3.18. The summed E-state index contributed by atoms with van der Waals surface area (Å²) in [6, 6.07) is 6.73. The lowest BCUT2D eigenvalue weighted by Gasteiger charge is -2.23. The SMILES string of the molecule is C=CCNC(C)(C#N)c1ccc(Br)cc1F. The van der Waals surface area contributed by atoms with Crippen LogP contribution >= 0.6 is 15.9 Å². The minimum absolute atomic E-state index is 0.333. The van der Waals surface area contributed by atoms with Crippen LogP contribution in [0.15, 0.2) is 35.3 Å². The second-order valence-corrected chi connectivity index (χ2v) is 4.45. The Morgan fingerprint density at radius 2 is 2.38 bits per heavy atom. The molecule has 0 aliphatic heterocycles. The molecule has 0 aliphatic carbocycles. The molecule has 0 bridgehead atoms. The average molecular weight is 283 g/mol. The maximum absolute atomic E-state index is 13.7. The van der Waals surface area contributed by atoms with Crippen molar-refractivity contribution in [2.45, 2.75) is 12.5 Å². The molecule has 84 valence electrons. The first kappa shape index (κ1) is 12.9. The van der Waals surface area contributed by atoms with Gasteiger partial charge in [-0.05, 0) is 19.1 Å². The molecule has 1 aromatic rings. The Hall–Kier alpha value is -1.18. The van der Waals surface area contributed by atoms with Crippen LogP contribution < -0.4 is 5.32 Å². The topological polar surface area (TPSA) is 35.8 Å². The van der Waals surface area contributed by atoms with Gasteiger partial charge in [0.1, 0.15) is 11.4 Å². The van der Waals surface area contributed by atoms with Gasteiger partial charge in [0, 0.05) is 16.6 Å². The Balaban J connectivity index is 3.13. The predicted octanol–water partition coefficient (Wildman–Crippen LogP) is 3.10. The van der Waals surface area contributed by atoms with Crippen LogP contribution in [0.1, 0.15) is 12.5 Å². The van der Waals surface area contributed by atoms with Crippen LogP contribution in [0.4, 0.5) is 4.39 Å². The first-order valence-corrected chi connectivity index (χ1v) is 5.55. The molecule has 0 saturated carbocycles. The van der Waals surface area contributed by atoms with Gasteiger partial charge in [-0.1, -0.05) is 28.1 Å². The summed E-state index contributed by atoms with van der Waals surface area (Å²) in [6.07, 6.45) is 1.63. The molecule has 4 heteroatoms. The highest BCUT2D eigenvalue weighted by Crippen LogP contribution is 2.25. The van der Waals surface area contributed by atoms with E-state index in [0.29, 0.717) is 16.6 Å². The van der Waals surface area contributed by atoms with Gasteiger partial charge in [0.15, 0.2) is 0 Å². The second-order valence-electron chi connectivity index (χ2n) is 3.53. The van der Waals surface area contributed by atoms with Crippen molar-refractivity contribution in [3.05, 3.63) is 46.7 Å². The lowest BCUT2D eigenvalue weighted by atomic mass is 9.93. The van der Waals surface area contributed by atoms with Crippen molar-refractivity contribution in [1.82, 2.24) is 5.32 Å². The zero-order chi connectivity index (χ0) is 12.2. The summed E-state index contributed by atoms with van der Waals surface area (Å²) in [7, 11) is 0. The molecule has 1 atom stereocenters. The number of halogens is 2. The Morgan fingerprint density at radius 1 is 1.69 bits per heavy atom. The molecule has 2 nitrogen and oxygen atoms in total. The van der Waals surface area contributed by atoms with Crippen LogP contribution in [-0.2, 0) is 5.54 Å². The lowest BCUT2D eigenvalue weighted by Crippen LogP contribution is -2.39. The third kappa shape index (κ3) is 2.69. The molecule has 0 radical (unpaired) electrons. The van der Waals surface area contributed by atoms with E-state index in [9.17, 15) is 4.39 Å². The molecular formula is C12H12BrFN2. The zero-order valence-corrected chi connectivity index (χ0v) is 10.5. The maximum atomic E-state index is 13.7. The summed E-state index contributed by atoms with van der Waals surface area (Å²) in [6.45, 7) is 5.64. The van der Waals surface area contributed by atoms with Crippen LogP contribution in [0.25, 0.3) is 0 Å². The standard InChI is InChI=1S/C12H12BrFN2/c1-3-6-16-12(2,8-15)10-5-4-9(13)7-11(10)14/h3-5,7,16H,1,6H2,2H3. The van der Waals surface area contributed by atoms with Crippen LogP contribution in [0, 0.1) is 17.1 Å². The predicted molar refractivity (Wildman–Crippen MR) is 65.3 cm³/mol. The van der Waals surface area contributed by atoms with Crippen LogP contribution in [0.2, 0.25) is 0 Å². The smallest absolute Gasteiger partial charge is 0.132 e. The fourth-order valence-electron chi connectivity index (χ4n) is 1.37. The van der Waals surface area contributed by atoms with E-state index in [2.05, 4.69) is 33.9 Å². The Bertz CT molecular complexity index is 439. The normalized spacial score (nSPS) is 13.9. The molecule has 1 N–H and O–H groups in total. The molecule has 0 heterocycles. The minimum Gasteiger partial charge on any atom is -0.292 e. The van der Waals surface area contributed by atoms with Crippen molar-refractivity contribution in [3.8, 4) is 6.07 Å². The second kappa shape index (κ2) is 5.24. The monoisotopic (exact) mass is 282 g/mol. The van der Waals surface area contributed by atoms with Crippen molar-refractivity contribution >= 4 is 15.9 Å². The highest BCUT2D eigenvalue weighted by Gasteiger charge is 2.28. The third-order valence-electron chi connectivity index (χ3n) is 2.29. The first-order chi connectivity index (χ1) is 7.53.